The minimum atomic E-state index is 0.0824. The lowest BCUT2D eigenvalue weighted by Gasteiger charge is -2.32. The van der Waals surface area contributed by atoms with Gasteiger partial charge in [0.05, 0.1) is 0 Å². The van der Waals surface area contributed by atoms with Crippen LogP contribution in [0.1, 0.15) is 66.2 Å². The predicted octanol–water partition coefficient (Wildman–Crippen LogP) is 5.83. The second-order valence-electron chi connectivity index (χ2n) is 8.62. The molecule has 144 valence electrons. The van der Waals surface area contributed by atoms with Gasteiger partial charge in [-0.3, -0.25) is 9.59 Å². The highest BCUT2D eigenvalue weighted by Crippen LogP contribution is 2.41. The number of carbonyl (C=O) groups is 2. The molecule has 3 unspecified atom stereocenters. The van der Waals surface area contributed by atoms with Crippen LogP contribution < -0.4 is 0 Å². The van der Waals surface area contributed by atoms with E-state index in [0.717, 1.165) is 18.4 Å². The molecule has 0 bridgehead atoms. The Morgan fingerprint density at radius 2 is 1.21 bits per heavy atom. The van der Waals surface area contributed by atoms with Gasteiger partial charge in [-0.2, -0.15) is 0 Å². The van der Waals surface area contributed by atoms with Crippen molar-refractivity contribution >= 4 is 11.6 Å². The number of hydrogen-bond acceptors (Lipinski definition) is 2. The first-order valence-corrected chi connectivity index (χ1v) is 10.4. The van der Waals surface area contributed by atoms with Crippen molar-refractivity contribution in [2.45, 2.75) is 57.8 Å². The third kappa shape index (κ3) is 4.01. The van der Waals surface area contributed by atoms with Crippen LogP contribution in [0.4, 0.5) is 0 Å². The lowest BCUT2D eigenvalue weighted by Crippen LogP contribution is -2.28. The molecule has 0 aliphatic heterocycles. The SMILES string of the molecule is Cc1ccc(C2CC=C(C3CC(=O)CC(c4ccc(C)cc4)C3)C(=O)C2)cc1. The zero-order chi connectivity index (χ0) is 19.7. The minimum Gasteiger partial charge on any atom is -0.300 e. The Labute approximate surface area is 167 Å². The summed E-state index contributed by atoms with van der Waals surface area (Å²) in [5, 5.41) is 0. The summed E-state index contributed by atoms with van der Waals surface area (Å²) in [4.78, 5) is 25.4. The van der Waals surface area contributed by atoms with Crippen molar-refractivity contribution in [2.75, 3.05) is 0 Å². The zero-order valence-corrected chi connectivity index (χ0v) is 16.8. The molecule has 0 heterocycles. The monoisotopic (exact) mass is 372 g/mol. The lowest BCUT2D eigenvalue weighted by atomic mass is 9.70. The first-order valence-electron chi connectivity index (χ1n) is 10.4. The predicted molar refractivity (Wildman–Crippen MR) is 113 cm³/mol. The van der Waals surface area contributed by atoms with E-state index in [1.54, 1.807) is 0 Å². The molecule has 3 atom stereocenters. The third-order valence-corrected chi connectivity index (χ3v) is 6.43. The van der Waals surface area contributed by atoms with Gasteiger partial charge in [0.25, 0.3) is 0 Å². The number of ketones is 2. The molecular weight excluding hydrogens is 344 g/mol. The molecule has 2 aromatic rings. The summed E-state index contributed by atoms with van der Waals surface area (Å²) < 4.78 is 0. The maximum atomic E-state index is 13.0. The summed E-state index contributed by atoms with van der Waals surface area (Å²) >= 11 is 0. The fourth-order valence-electron chi connectivity index (χ4n) is 4.77. The van der Waals surface area contributed by atoms with Gasteiger partial charge in [-0.25, -0.2) is 0 Å². The summed E-state index contributed by atoms with van der Waals surface area (Å²) in [7, 11) is 0. The lowest BCUT2D eigenvalue weighted by molar-refractivity contribution is -0.122. The van der Waals surface area contributed by atoms with Crippen molar-refractivity contribution in [2.24, 2.45) is 5.92 Å². The van der Waals surface area contributed by atoms with E-state index < -0.39 is 0 Å². The second kappa shape index (κ2) is 7.87. The number of rotatable bonds is 3. The highest BCUT2D eigenvalue weighted by molar-refractivity contribution is 5.98. The van der Waals surface area contributed by atoms with Crippen LogP contribution >= 0.6 is 0 Å². The summed E-state index contributed by atoms with van der Waals surface area (Å²) in [5.41, 5.74) is 5.85. The molecule has 0 saturated heterocycles. The van der Waals surface area contributed by atoms with Gasteiger partial charge in [0.1, 0.15) is 5.78 Å². The summed E-state index contributed by atoms with van der Waals surface area (Å²) in [5.74, 6) is 1.11. The van der Waals surface area contributed by atoms with Gasteiger partial charge in [0, 0.05) is 19.3 Å². The van der Waals surface area contributed by atoms with Gasteiger partial charge in [-0.1, -0.05) is 65.7 Å². The zero-order valence-electron chi connectivity index (χ0n) is 16.8. The maximum Gasteiger partial charge on any atom is 0.159 e. The Morgan fingerprint density at radius 3 is 1.79 bits per heavy atom. The van der Waals surface area contributed by atoms with E-state index >= 15 is 0 Å². The van der Waals surface area contributed by atoms with Gasteiger partial charge in [0.15, 0.2) is 5.78 Å². The van der Waals surface area contributed by atoms with Crippen molar-refractivity contribution in [1.82, 2.24) is 0 Å². The number of Topliss-reactive ketones (excluding diaryl/α,β-unsaturated/α-hetero) is 2. The molecule has 2 aromatic carbocycles. The molecule has 0 aromatic heterocycles. The van der Waals surface area contributed by atoms with E-state index in [-0.39, 0.29) is 29.3 Å². The fraction of sp³-hybridized carbons (Fsp3) is 0.385. The molecule has 0 spiro atoms. The molecule has 1 saturated carbocycles. The molecule has 0 amide bonds. The quantitative estimate of drug-likeness (QED) is 0.679. The molecule has 0 radical (unpaired) electrons. The molecule has 0 N–H and O–H groups in total. The van der Waals surface area contributed by atoms with Crippen LogP contribution in [0.25, 0.3) is 0 Å². The smallest absolute Gasteiger partial charge is 0.159 e. The van der Waals surface area contributed by atoms with Crippen molar-refractivity contribution in [3.63, 3.8) is 0 Å². The van der Waals surface area contributed by atoms with E-state index in [4.69, 9.17) is 0 Å². The Morgan fingerprint density at radius 1 is 0.679 bits per heavy atom. The molecule has 28 heavy (non-hydrogen) atoms. The highest BCUT2D eigenvalue weighted by Gasteiger charge is 2.34. The molecule has 2 aliphatic carbocycles. The van der Waals surface area contributed by atoms with E-state index in [1.165, 1.54) is 22.3 Å². The molecule has 4 rings (SSSR count). The average Bonchev–Trinajstić information content (AvgIpc) is 2.68. The van der Waals surface area contributed by atoms with Crippen molar-refractivity contribution < 1.29 is 9.59 Å². The summed E-state index contributed by atoms with van der Waals surface area (Å²) in [6.07, 6.45) is 5.62. The van der Waals surface area contributed by atoms with Crippen LogP contribution in [0.15, 0.2) is 60.2 Å². The number of hydrogen-bond donors (Lipinski definition) is 0. The Balaban J connectivity index is 1.51. The van der Waals surface area contributed by atoms with E-state index in [0.29, 0.717) is 19.3 Å². The highest BCUT2D eigenvalue weighted by atomic mass is 16.1. The molecule has 2 heteroatoms. The van der Waals surface area contributed by atoms with E-state index in [1.807, 2.05) is 0 Å². The van der Waals surface area contributed by atoms with Gasteiger partial charge in [0.2, 0.25) is 0 Å². The van der Waals surface area contributed by atoms with Crippen LogP contribution in [0.3, 0.4) is 0 Å². The topological polar surface area (TPSA) is 34.1 Å². The number of allylic oxidation sites excluding steroid dienone is 2. The van der Waals surface area contributed by atoms with Crippen LogP contribution in [0.2, 0.25) is 0 Å². The Kier molecular flexibility index (Phi) is 5.30. The number of carbonyl (C=O) groups excluding carboxylic acids is 2. The maximum absolute atomic E-state index is 13.0. The fourth-order valence-corrected chi connectivity index (χ4v) is 4.77. The van der Waals surface area contributed by atoms with Crippen LogP contribution in [-0.2, 0) is 9.59 Å². The van der Waals surface area contributed by atoms with Crippen molar-refractivity contribution in [3.05, 3.63) is 82.4 Å². The van der Waals surface area contributed by atoms with Crippen molar-refractivity contribution in [3.8, 4) is 0 Å². The third-order valence-electron chi connectivity index (χ3n) is 6.43. The van der Waals surface area contributed by atoms with Crippen LogP contribution in [0.5, 0.6) is 0 Å². The van der Waals surface area contributed by atoms with Gasteiger partial charge < -0.3 is 0 Å². The summed E-state index contributed by atoms with van der Waals surface area (Å²) in [6.45, 7) is 4.16. The van der Waals surface area contributed by atoms with Crippen LogP contribution in [-0.4, -0.2) is 11.6 Å². The summed E-state index contributed by atoms with van der Waals surface area (Å²) in [6, 6.07) is 17.0. The second-order valence-corrected chi connectivity index (χ2v) is 8.62. The Bertz CT molecular complexity index is 902. The van der Waals surface area contributed by atoms with Gasteiger partial charge in [-0.15, -0.1) is 0 Å². The van der Waals surface area contributed by atoms with Gasteiger partial charge in [-0.05, 0) is 61.1 Å². The first-order chi connectivity index (χ1) is 13.5. The molecular formula is C26H28O2. The number of benzene rings is 2. The van der Waals surface area contributed by atoms with E-state index in [9.17, 15) is 9.59 Å². The van der Waals surface area contributed by atoms with Gasteiger partial charge >= 0.3 is 0 Å². The van der Waals surface area contributed by atoms with Crippen LogP contribution in [0, 0.1) is 19.8 Å². The first kappa shape index (κ1) is 18.9. The molecule has 2 nitrogen and oxygen atoms in total. The Hall–Kier alpha value is -2.48. The largest absolute Gasteiger partial charge is 0.300 e. The number of aryl methyl sites for hydroxylation is 2. The molecule has 1 fully saturated rings. The average molecular weight is 373 g/mol. The van der Waals surface area contributed by atoms with E-state index in [2.05, 4.69) is 68.5 Å². The molecule has 2 aliphatic rings. The standard InChI is InChI=1S/C26H28O2/c1-17-3-7-19(8-4-17)21-11-12-25(26(28)16-21)23-13-22(14-24(27)15-23)20-9-5-18(2)6-10-20/h3-10,12,21-23H,11,13-16H2,1-2H3. The normalized spacial score (nSPS) is 25.5. The van der Waals surface area contributed by atoms with Crippen molar-refractivity contribution in [1.29, 1.82) is 0 Å². The minimum absolute atomic E-state index is 0.0824.